The van der Waals surface area contributed by atoms with Gasteiger partial charge in [0.15, 0.2) is 6.61 Å². The minimum Gasteiger partial charge on any atom is -0.458 e. The highest BCUT2D eigenvalue weighted by Gasteiger charge is 2.46. The van der Waals surface area contributed by atoms with Crippen molar-refractivity contribution in [2.24, 2.45) is 17.8 Å². The maximum Gasteiger partial charge on any atom is 0.402 e. The van der Waals surface area contributed by atoms with Crippen molar-refractivity contribution in [1.82, 2.24) is 0 Å². The normalized spacial score (nSPS) is 27.6. The van der Waals surface area contributed by atoms with Crippen LogP contribution in [-0.2, 0) is 19.6 Å². The van der Waals surface area contributed by atoms with Crippen LogP contribution in [0.5, 0.6) is 0 Å². The summed E-state index contributed by atoms with van der Waals surface area (Å²) in [4.78, 5) is 11.8. The van der Waals surface area contributed by atoms with Crippen molar-refractivity contribution in [2.75, 3.05) is 6.61 Å². The maximum absolute atomic E-state index is 13.0. The van der Waals surface area contributed by atoms with Crippen LogP contribution in [0.3, 0.4) is 0 Å². The summed E-state index contributed by atoms with van der Waals surface area (Å²) in [5, 5.41) is -4.46. The van der Waals surface area contributed by atoms with Gasteiger partial charge in [-0.2, -0.15) is 17.2 Å². The van der Waals surface area contributed by atoms with Crippen LogP contribution in [0.1, 0.15) is 57.8 Å². The van der Waals surface area contributed by atoms with Crippen LogP contribution in [0.2, 0.25) is 0 Å². The van der Waals surface area contributed by atoms with Gasteiger partial charge in [0.05, 0.1) is 5.92 Å². The molecule has 1 N–H and O–H groups in total. The predicted molar refractivity (Wildman–Crippen MR) is 79.5 cm³/mol. The van der Waals surface area contributed by atoms with E-state index >= 15 is 0 Å². The minimum atomic E-state index is -5.56. The Hall–Kier alpha value is -0.760. The van der Waals surface area contributed by atoms with E-state index in [1.807, 2.05) is 0 Å². The molecular formula is C15H24F2O5S. The fourth-order valence-electron chi connectivity index (χ4n) is 3.78. The molecule has 5 nitrogen and oxygen atoms in total. The molecule has 134 valence electrons. The third-order valence-electron chi connectivity index (χ3n) is 5.18. The van der Waals surface area contributed by atoms with E-state index in [2.05, 4.69) is 4.74 Å². The highest BCUT2D eigenvalue weighted by atomic mass is 32.2. The molecule has 0 unspecified atom stereocenters. The third-order valence-corrected chi connectivity index (χ3v) is 6.05. The molecule has 0 aliphatic heterocycles. The fourth-order valence-corrected chi connectivity index (χ4v) is 3.99. The Labute approximate surface area is 135 Å². The summed E-state index contributed by atoms with van der Waals surface area (Å²) >= 11 is 0. The summed E-state index contributed by atoms with van der Waals surface area (Å²) in [5.74, 6) is 0.0608. The van der Waals surface area contributed by atoms with E-state index in [1.54, 1.807) is 0 Å². The van der Waals surface area contributed by atoms with Crippen LogP contribution in [0.4, 0.5) is 8.78 Å². The largest absolute Gasteiger partial charge is 0.458 e. The number of halogens is 2. The zero-order valence-electron chi connectivity index (χ0n) is 13.0. The van der Waals surface area contributed by atoms with Gasteiger partial charge in [-0.15, -0.1) is 0 Å². The molecule has 2 aliphatic carbocycles. The minimum absolute atomic E-state index is 0.452. The lowest BCUT2D eigenvalue weighted by Crippen LogP contribution is -2.36. The number of alkyl halides is 2. The van der Waals surface area contributed by atoms with Crippen molar-refractivity contribution in [1.29, 1.82) is 0 Å². The SMILES string of the molecule is O=C(OCC(F)(F)S(=O)(=O)O)C1CCC(C2CCCCC2)CC1. The number of carbonyl (C=O) groups is 1. The topological polar surface area (TPSA) is 80.7 Å². The van der Waals surface area contributed by atoms with Crippen molar-refractivity contribution in [3.63, 3.8) is 0 Å². The lowest BCUT2D eigenvalue weighted by molar-refractivity contribution is -0.156. The molecule has 23 heavy (non-hydrogen) atoms. The van der Waals surface area contributed by atoms with E-state index < -0.39 is 33.9 Å². The first-order valence-electron chi connectivity index (χ1n) is 8.22. The monoisotopic (exact) mass is 354 g/mol. The van der Waals surface area contributed by atoms with Crippen LogP contribution >= 0.6 is 0 Å². The van der Waals surface area contributed by atoms with Crippen molar-refractivity contribution in [2.45, 2.75) is 63.0 Å². The molecule has 2 fully saturated rings. The molecule has 2 rings (SSSR count). The Morgan fingerprint density at radius 1 is 1.00 bits per heavy atom. The van der Waals surface area contributed by atoms with E-state index in [0.717, 1.165) is 12.8 Å². The van der Waals surface area contributed by atoms with Crippen molar-refractivity contribution in [3.8, 4) is 0 Å². The van der Waals surface area contributed by atoms with Gasteiger partial charge in [-0.1, -0.05) is 32.1 Å². The molecule has 0 spiro atoms. The van der Waals surface area contributed by atoms with Gasteiger partial charge in [0.2, 0.25) is 0 Å². The van der Waals surface area contributed by atoms with Crippen LogP contribution in [0, 0.1) is 17.8 Å². The van der Waals surface area contributed by atoms with Gasteiger partial charge in [-0.3, -0.25) is 9.35 Å². The molecule has 0 amide bonds. The average Bonchev–Trinajstić information content (AvgIpc) is 2.52. The van der Waals surface area contributed by atoms with Crippen molar-refractivity contribution < 1.29 is 31.3 Å². The summed E-state index contributed by atoms with van der Waals surface area (Å²) in [6.07, 6.45) is 9.25. The van der Waals surface area contributed by atoms with Crippen molar-refractivity contribution >= 4 is 16.1 Å². The lowest BCUT2D eigenvalue weighted by Gasteiger charge is -2.35. The van der Waals surface area contributed by atoms with Crippen LogP contribution < -0.4 is 0 Å². The van der Waals surface area contributed by atoms with Gasteiger partial charge in [-0.05, 0) is 37.5 Å². The molecule has 2 aliphatic rings. The van der Waals surface area contributed by atoms with Crippen molar-refractivity contribution in [3.05, 3.63) is 0 Å². The zero-order valence-corrected chi connectivity index (χ0v) is 13.9. The first kappa shape index (κ1) is 18.6. The number of ether oxygens (including phenoxy) is 1. The second-order valence-electron chi connectivity index (χ2n) is 6.73. The molecule has 0 aromatic carbocycles. The summed E-state index contributed by atoms with van der Waals surface area (Å²) in [6, 6.07) is 0. The highest BCUT2D eigenvalue weighted by molar-refractivity contribution is 7.86. The second-order valence-corrected chi connectivity index (χ2v) is 8.28. The Morgan fingerprint density at radius 3 is 2.04 bits per heavy atom. The quantitative estimate of drug-likeness (QED) is 0.604. The van der Waals surface area contributed by atoms with Crippen LogP contribution in [0.25, 0.3) is 0 Å². The summed E-state index contributed by atoms with van der Waals surface area (Å²) in [5.41, 5.74) is 0. The maximum atomic E-state index is 13.0. The smallest absolute Gasteiger partial charge is 0.402 e. The van der Waals surface area contributed by atoms with Gasteiger partial charge in [0.1, 0.15) is 0 Å². The Bertz CT molecular complexity index is 506. The Kier molecular flexibility index (Phi) is 5.99. The zero-order chi connectivity index (χ0) is 17.1. The summed E-state index contributed by atoms with van der Waals surface area (Å²) in [6.45, 7) is -1.63. The molecule has 8 heteroatoms. The van der Waals surface area contributed by atoms with Gasteiger partial charge in [0, 0.05) is 0 Å². The van der Waals surface area contributed by atoms with Crippen LogP contribution in [-0.4, -0.2) is 30.8 Å². The number of hydrogen-bond acceptors (Lipinski definition) is 4. The fraction of sp³-hybridized carbons (Fsp3) is 0.933. The van der Waals surface area contributed by atoms with E-state index in [4.69, 9.17) is 4.55 Å². The Balaban J connectivity index is 1.77. The first-order valence-corrected chi connectivity index (χ1v) is 9.66. The molecule has 0 aromatic heterocycles. The molecule has 0 aromatic rings. The standard InChI is InChI=1S/C15H24F2O5S/c16-15(17,23(19,20)21)10-22-14(18)13-8-6-12(7-9-13)11-4-2-1-3-5-11/h11-13H,1-10H2,(H,19,20,21). The molecule has 0 atom stereocenters. The number of esters is 1. The number of rotatable bonds is 5. The average molecular weight is 354 g/mol. The van der Waals surface area contributed by atoms with E-state index in [9.17, 15) is 22.0 Å². The van der Waals surface area contributed by atoms with E-state index in [1.165, 1.54) is 32.1 Å². The van der Waals surface area contributed by atoms with E-state index in [-0.39, 0.29) is 0 Å². The molecule has 0 heterocycles. The third kappa shape index (κ3) is 4.86. The summed E-state index contributed by atoms with van der Waals surface area (Å²) < 4.78 is 59.8. The van der Waals surface area contributed by atoms with Gasteiger partial charge in [0.25, 0.3) is 0 Å². The molecule has 2 saturated carbocycles. The number of carbonyl (C=O) groups excluding carboxylic acids is 1. The van der Waals surface area contributed by atoms with Crippen LogP contribution in [0.15, 0.2) is 0 Å². The molecule has 0 bridgehead atoms. The molecule has 0 saturated heterocycles. The molecule has 0 radical (unpaired) electrons. The lowest BCUT2D eigenvalue weighted by atomic mass is 9.71. The van der Waals surface area contributed by atoms with E-state index in [0.29, 0.717) is 24.7 Å². The highest BCUT2D eigenvalue weighted by Crippen LogP contribution is 2.40. The summed E-state index contributed by atoms with van der Waals surface area (Å²) in [7, 11) is -5.56. The van der Waals surface area contributed by atoms with Gasteiger partial charge < -0.3 is 4.74 Å². The predicted octanol–water partition coefficient (Wildman–Crippen LogP) is 3.40. The van der Waals surface area contributed by atoms with Gasteiger partial charge >= 0.3 is 21.3 Å². The Morgan fingerprint density at radius 2 is 1.52 bits per heavy atom. The van der Waals surface area contributed by atoms with Gasteiger partial charge in [-0.25, -0.2) is 0 Å². The second kappa shape index (κ2) is 7.42. The first-order chi connectivity index (χ1) is 10.7. The molecular weight excluding hydrogens is 330 g/mol. The number of hydrogen-bond donors (Lipinski definition) is 1.